The van der Waals surface area contributed by atoms with Gasteiger partial charge >= 0.3 is 5.97 Å². The van der Waals surface area contributed by atoms with Crippen LogP contribution in [0.2, 0.25) is 0 Å². The Kier molecular flexibility index (Phi) is 5.28. The number of ether oxygens (including phenoxy) is 2. The van der Waals surface area contributed by atoms with E-state index in [0.717, 1.165) is 24.8 Å². The van der Waals surface area contributed by atoms with Gasteiger partial charge in [-0.15, -0.1) is 0 Å². The van der Waals surface area contributed by atoms with Gasteiger partial charge in [-0.25, -0.2) is 0 Å². The number of cyclic esters (lactones) is 1. The Labute approximate surface area is 136 Å². The van der Waals surface area contributed by atoms with Gasteiger partial charge in [0.1, 0.15) is 6.10 Å². The van der Waals surface area contributed by atoms with Gasteiger partial charge in [-0.05, 0) is 24.8 Å². The van der Waals surface area contributed by atoms with E-state index in [9.17, 15) is 9.59 Å². The van der Waals surface area contributed by atoms with E-state index >= 15 is 0 Å². The average molecular weight is 317 g/mol. The molecule has 0 aliphatic carbocycles. The van der Waals surface area contributed by atoms with E-state index in [0.29, 0.717) is 26.1 Å². The number of esters is 1. The van der Waals surface area contributed by atoms with Crippen molar-refractivity contribution in [1.82, 2.24) is 5.32 Å². The number of rotatable bonds is 7. The SMILES string of the molecule is O=C1CC[C@@H]([C@H]2CC(=O)O[C@@H]2CCCOCc2ccccc2)N1. The van der Waals surface area contributed by atoms with E-state index in [-0.39, 0.29) is 29.9 Å². The van der Waals surface area contributed by atoms with Gasteiger partial charge < -0.3 is 14.8 Å². The predicted octanol–water partition coefficient (Wildman–Crippen LogP) is 2.19. The maximum atomic E-state index is 11.6. The first-order valence-electron chi connectivity index (χ1n) is 8.33. The van der Waals surface area contributed by atoms with Crippen molar-refractivity contribution in [1.29, 1.82) is 0 Å². The van der Waals surface area contributed by atoms with Crippen LogP contribution in [0.15, 0.2) is 30.3 Å². The molecule has 23 heavy (non-hydrogen) atoms. The molecule has 2 aliphatic heterocycles. The highest BCUT2D eigenvalue weighted by Crippen LogP contribution is 2.32. The molecule has 0 radical (unpaired) electrons. The third-order valence-electron chi connectivity index (χ3n) is 4.60. The number of nitrogens with one attached hydrogen (secondary N) is 1. The molecule has 1 amide bonds. The van der Waals surface area contributed by atoms with Gasteiger partial charge in [0, 0.05) is 25.0 Å². The highest BCUT2D eigenvalue weighted by atomic mass is 16.6. The Morgan fingerprint density at radius 1 is 1.22 bits per heavy atom. The van der Waals surface area contributed by atoms with E-state index in [1.807, 2.05) is 30.3 Å². The summed E-state index contributed by atoms with van der Waals surface area (Å²) in [6.45, 7) is 1.25. The van der Waals surface area contributed by atoms with Crippen molar-refractivity contribution in [2.24, 2.45) is 5.92 Å². The third kappa shape index (κ3) is 4.32. The fourth-order valence-corrected chi connectivity index (χ4v) is 3.41. The fraction of sp³-hybridized carbons (Fsp3) is 0.556. The minimum Gasteiger partial charge on any atom is -0.462 e. The summed E-state index contributed by atoms with van der Waals surface area (Å²) in [6.07, 6.45) is 3.33. The van der Waals surface area contributed by atoms with E-state index in [1.54, 1.807) is 0 Å². The minimum atomic E-state index is -0.147. The normalized spacial score (nSPS) is 27.0. The van der Waals surface area contributed by atoms with Gasteiger partial charge in [-0.2, -0.15) is 0 Å². The number of hydrogen-bond donors (Lipinski definition) is 1. The minimum absolute atomic E-state index is 0.0827. The molecule has 1 aromatic carbocycles. The van der Waals surface area contributed by atoms with Crippen molar-refractivity contribution in [3.63, 3.8) is 0 Å². The van der Waals surface area contributed by atoms with Crippen molar-refractivity contribution in [2.75, 3.05) is 6.61 Å². The highest BCUT2D eigenvalue weighted by Gasteiger charge is 2.41. The zero-order valence-electron chi connectivity index (χ0n) is 13.2. The molecule has 124 valence electrons. The van der Waals surface area contributed by atoms with Crippen molar-refractivity contribution in [3.05, 3.63) is 35.9 Å². The molecule has 5 heteroatoms. The van der Waals surface area contributed by atoms with Crippen molar-refractivity contribution >= 4 is 11.9 Å². The first kappa shape index (κ1) is 16.0. The molecule has 0 bridgehead atoms. The lowest BCUT2D eigenvalue weighted by atomic mass is 9.89. The summed E-state index contributed by atoms with van der Waals surface area (Å²) >= 11 is 0. The van der Waals surface area contributed by atoms with Crippen LogP contribution in [0.1, 0.15) is 37.7 Å². The number of carbonyl (C=O) groups excluding carboxylic acids is 2. The summed E-state index contributed by atoms with van der Waals surface area (Å²) in [5.74, 6) is 0.0497. The van der Waals surface area contributed by atoms with Gasteiger partial charge in [-0.3, -0.25) is 9.59 Å². The quantitative estimate of drug-likeness (QED) is 0.618. The predicted molar refractivity (Wildman–Crippen MR) is 84.5 cm³/mol. The molecule has 2 saturated heterocycles. The number of amides is 1. The van der Waals surface area contributed by atoms with Crippen LogP contribution in [-0.4, -0.2) is 30.6 Å². The van der Waals surface area contributed by atoms with Crippen molar-refractivity contribution in [3.8, 4) is 0 Å². The second-order valence-electron chi connectivity index (χ2n) is 6.29. The van der Waals surface area contributed by atoms with Gasteiger partial charge in [0.05, 0.1) is 13.0 Å². The maximum Gasteiger partial charge on any atom is 0.306 e. The monoisotopic (exact) mass is 317 g/mol. The lowest BCUT2D eigenvalue weighted by molar-refractivity contribution is -0.141. The molecule has 0 spiro atoms. The van der Waals surface area contributed by atoms with E-state index in [4.69, 9.17) is 9.47 Å². The summed E-state index contributed by atoms with van der Waals surface area (Å²) in [6, 6.07) is 10.1. The molecule has 2 heterocycles. The van der Waals surface area contributed by atoms with Crippen LogP contribution in [0.25, 0.3) is 0 Å². The van der Waals surface area contributed by atoms with Gasteiger partial charge in [0.25, 0.3) is 0 Å². The van der Waals surface area contributed by atoms with Crippen molar-refractivity contribution < 1.29 is 19.1 Å². The van der Waals surface area contributed by atoms with Crippen LogP contribution in [0.5, 0.6) is 0 Å². The molecule has 1 aromatic rings. The van der Waals surface area contributed by atoms with Crippen molar-refractivity contribution in [2.45, 2.75) is 50.9 Å². The number of hydrogen-bond acceptors (Lipinski definition) is 4. The Morgan fingerprint density at radius 3 is 2.78 bits per heavy atom. The second kappa shape index (κ2) is 7.59. The molecule has 1 N–H and O–H groups in total. The lowest BCUT2D eigenvalue weighted by Crippen LogP contribution is -2.37. The Hall–Kier alpha value is -1.88. The zero-order chi connectivity index (χ0) is 16.1. The maximum absolute atomic E-state index is 11.6. The standard InChI is InChI=1S/C18H23NO4/c20-17-9-8-15(19-17)14-11-18(21)23-16(14)7-4-10-22-12-13-5-2-1-3-6-13/h1-3,5-6,14-16H,4,7-12H2,(H,19,20)/t14-,15+,16-/m1/s1. The molecule has 2 aliphatic rings. The molecule has 0 saturated carbocycles. The van der Waals surface area contributed by atoms with Crippen LogP contribution in [0.3, 0.4) is 0 Å². The van der Waals surface area contributed by atoms with E-state index < -0.39 is 0 Å². The summed E-state index contributed by atoms with van der Waals surface area (Å²) in [5, 5.41) is 2.97. The Balaban J connectivity index is 1.40. The third-order valence-corrected chi connectivity index (χ3v) is 4.60. The van der Waals surface area contributed by atoms with E-state index in [1.165, 1.54) is 0 Å². The topological polar surface area (TPSA) is 64.6 Å². The molecular weight excluding hydrogens is 294 g/mol. The van der Waals surface area contributed by atoms with Crippen LogP contribution in [-0.2, 0) is 25.7 Å². The number of carbonyl (C=O) groups is 2. The smallest absolute Gasteiger partial charge is 0.306 e. The molecule has 0 aromatic heterocycles. The molecule has 3 atom stereocenters. The lowest BCUT2D eigenvalue weighted by Gasteiger charge is -2.22. The van der Waals surface area contributed by atoms with Gasteiger partial charge in [0.2, 0.25) is 5.91 Å². The molecule has 5 nitrogen and oxygen atoms in total. The Morgan fingerprint density at radius 2 is 2.04 bits per heavy atom. The summed E-state index contributed by atoms with van der Waals surface area (Å²) in [5.41, 5.74) is 1.16. The van der Waals surface area contributed by atoms with Crippen LogP contribution in [0, 0.1) is 5.92 Å². The average Bonchev–Trinajstić information content (AvgIpc) is 3.14. The number of benzene rings is 1. The summed E-state index contributed by atoms with van der Waals surface area (Å²) < 4.78 is 11.1. The molecular formula is C18H23NO4. The van der Waals surface area contributed by atoms with Gasteiger partial charge in [0.15, 0.2) is 0 Å². The molecule has 3 rings (SSSR count). The summed E-state index contributed by atoms with van der Waals surface area (Å²) in [4.78, 5) is 23.0. The highest BCUT2D eigenvalue weighted by molar-refractivity contribution is 5.79. The Bertz CT molecular complexity index is 545. The molecule has 0 unspecified atom stereocenters. The largest absolute Gasteiger partial charge is 0.462 e. The summed E-state index contributed by atoms with van der Waals surface area (Å²) in [7, 11) is 0. The van der Waals surface area contributed by atoms with Crippen LogP contribution >= 0.6 is 0 Å². The first-order chi connectivity index (χ1) is 11.2. The van der Waals surface area contributed by atoms with Gasteiger partial charge in [-0.1, -0.05) is 30.3 Å². The van der Waals surface area contributed by atoms with Crippen LogP contribution < -0.4 is 5.32 Å². The zero-order valence-corrected chi connectivity index (χ0v) is 13.2. The first-order valence-corrected chi connectivity index (χ1v) is 8.33. The molecule has 2 fully saturated rings. The van der Waals surface area contributed by atoms with Crippen LogP contribution in [0.4, 0.5) is 0 Å². The van der Waals surface area contributed by atoms with E-state index in [2.05, 4.69) is 5.32 Å². The second-order valence-corrected chi connectivity index (χ2v) is 6.29. The fourth-order valence-electron chi connectivity index (χ4n) is 3.41.